The second-order valence-corrected chi connectivity index (χ2v) is 9.64. The normalized spacial score (nSPS) is 19.6. The zero-order chi connectivity index (χ0) is 23.6. The Kier molecular flexibility index (Phi) is 6.41. The molecule has 0 spiro atoms. The Hall–Kier alpha value is -3.34. The number of ether oxygens (including phenoxy) is 2. The molecule has 0 saturated heterocycles. The van der Waals surface area contributed by atoms with E-state index in [1.807, 2.05) is 68.4 Å². The number of dihydropyridines is 1. The number of aryl methyl sites for hydroxylation is 1. The minimum Gasteiger partial charge on any atom is -0.490 e. The first-order valence-corrected chi connectivity index (χ1v) is 11.4. The van der Waals surface area contributed by atoms with Gasteiger partial charge in [-0.3, -0.25) is 4.79 Å². The molecule has 0 radical (unpaired) electrons. The third kappa shape index (κ3) is 5.03. The van der Waals surface area contributed by atoms with Crippen LogP contribution in [0.2, 0.25) is 0 Å². The maximum absolute atomic E-state index is 13.3. The molecule has 0 amide bonds. The van der Waals surface area contributed by atoms with Crippen LogP contribution in [0.3, 0.4) is 0 Å². The number of esters is 1. The summed E-state index contributed by atoms with van der Waals surface area (Å²) in [6.07, 6.45) is 1.23. The minimum absolute atomic E-state index is 0.0875. The van der Waals surface area contributed by atoms with Gasteiger partial charge in [-0.05, 0) is 43.4 Å². The van der Waals surface area contributed by atoms with E-state index in [0.29, 0.717) is 17.6 Å². The molecule has 5 heteroatoms. The number of benzene rings is 2. The molecule has 172 valence electrons. The third-order valence-electron chi connectivity index (χ3n) is 6.20. The predicted octanol–water partition coefficient (Wildman–Crippen LogP) is 5.22. The lowest BCUT2D eigenvalue weighted by molar-refractivity contribution is -0.140. The van der Waals surface area contributed by atoms with Crippen LogP contribution in [0.25, 0.3) is 0 Å². The Bertz CT molecular complexity index is 1110. The highest BCUT2D eigenvalue weighted by Crippen LogP contribution is 2.46. The smallest absolute Gasteiger partial charge is 0.336 e. The van der Waals surface area contributed by atoms with Crippen LogP contribution in [0.5, 0.6) is 5.75 Å². The Balaban J connectivity index is 1.59. The van der Waals surface area contributed by atoms with Gasteiger partial charge in [0.25, 0.3) is 0 Å². The van der Waals surface area contributed by atoms with Crippen molar-refractivity contribution in [2.24, 2.45) is 5.41 Å². The van der Waals surface area contributed by atoms with E-state index in [-0.39, 0.29) is 24.4 Å². The van der Waals surface area contributed by atoms with Gasteiger partial charge in [0, 0.05) is 29.3 Å². The van der Waals surface area contributed by atoms with Gasteiger partial charge in [-0.1, -0.05) is 61.9 Å². The molecular formula is C28H31NO4. The Labute approximate surface area is 195 Å². The molecule has 5 nitrogen and oxygen atoms in total. The Morgan fingerprint density at radius 3 is 2.39 bits per heavy atom. The number of hydrogen-bond donors (Lipinski definition) is 1. The van der Waals surface area contributed by atoms with Gasteiger partial charge in [-0.15, -0.1) is 0 Å². The minimum atomic E-state index is -0.437. The quantitative estimate of drug-likeness (QED) is 0.488. The summed E-state index contributed by atoms with van der Waals surface area (Å²) in [6, 6.07) is 17.5. The number of para-hydroxylation sites is 1. The van der Waals surface area contributed by atoms with Crippen LogP contribution in [-0.4, -0.2) is 25.0 Å². The first kappa shape index (κ1) is 22.8. The fourth-order valence-electron chi connectivity index (χ4n) is 4.69. The number of ketones is 1. The maximum atomic E-state index is 13.3. The number of allylic oxidation sites excluding steroid dienone is 3. The summed E-state index contributed by atoms with van der Waals surface area (Å²) in [5.41, 5.74) is 4.77. The van der Waals surface area contributed by atoms with Crippen molar-refractivity contribution in [3.8, 4) is 5.75 Å². The van der Waals surface area contributed by atoms with Crippen LogP contribution in [0.1, 0.15) is 50.7 Å². The highest BCUT2D eigenvalue weighted by molar-refractivity contribution is 6.04. The fourth-order valence-corrected chi connectivity index (χ4v) is 4.69. The number of nitrogens with one attached hydrogen (secondary N) is 1. The summed E-state index contributed by atoms with van der Waals surface area (Å²) in [5, 5.41) is 3.37. The Morgan fingerprint density at radius 2 is 1.70 bits per heavy atom. The second kappa shape index (κ2) is 9.26. The van der Waals surface area contributed by atoms with Crippen LogP contribution in [0.4, 0.5) is 0 Å². The largest absolute Gasteiger partial charge is 0.490 e. The predicted molar refractivity (Wildman–Crippen MR) is 128 cm³/mol. The van der Waals surface area contributed by atoms with Crippen molar-refractivity contribution in [3.05, 3.63) is 88.3 Å². The lowest BCUT2D eigenvalue weighted by Crippen LogP contribution is -2.38. The van der Waals surface area contributed by atoms with E-state index < -0.39 is 11.9 Å². The summed E-state index contributed by atoms with van der Waals surface area (Å²) in [7, 11) is 0. The van der Waals surface area contributed by atoms with Crippen molar-refractivity contribution in [3.63, 3.8) is 0 Å². The molecule has 2 aromatic rings. The molecule has 4 rings (SSSR count). The lowest BCUT2D eigenvalue weighted by atomic mass is 9.68. The highest BCUT2D eigenvalue weighted by Gasteiger charge is 2.43. The molecule has 1 atom stereocenters. The van der Waals surface area contributed by atoms with Gasteiger partial charge in [0.2, 0.25) is 0 Å². The van der Waals surface area contributed by atoms with Gasteiger partial charge in [0.15, 0.2) is 5.78 Å². The van der Waals surface area contributed by atoms with Crippen molar-refractivity contribution >= 4 is 11.8 Å². The van der Waals surface area contributed by atoms with E-state index in [1.165, 1.54) is 0 Å². The van der Waals surface area contributed by atoms with E-state index in [0.717, 1.165) is 34.7 Å². The van der Waals surface area contributed by atoms with E-state index in [1.54, 1.807) is 0 Å². The number of carbonyl (C=O) groups is 2. The summed E-state index contributed by atoms with van der Waals surface area (Å²) in [4.78, 5) is 26.6. The van der Waals surface area contributed by atoms with Gasteiger partial charge >= 0.3 is 5.97 Å². The molecule has 2 aromatic carbocycles. The molecular weight excluding hydrogens is 414 g/mol. The number of hydrogen-bond acceptors (Lipinski definition) is 5. The molecule has 1 aliphatic carbocycles. The highest BCUT2D eigenvalue weighted by atomic mass is 16.6. The van der Waals surface area contributed by atoms with Crippen molar-refractivity contribution in [2.45, 2.75) is 46.5 Å². The van der Waals surface area contributed by atoms with Crippen LogP contribution in [0, 0.1) is 12.3 Å². The van der Waals surface area contributed by atoms with E-state index in [9.17, 15) is 9.59 Å². The van der Waals surface area contributed by atoms with Crippen molar-refractivity contribution in [1.82, 2.24) is 5.32 Å². The first-order chi connectivity index (χ1) is 15.7. The first-order valence-electron chi connectivity index (χ1n) is 11.4. The van der Waals surface area contributed by atoms with E-state index in [4.69, 9.17) is 9.47 Å². The summed E-state index contributed by atoms with van der Waals surface area (Å²) >= 11 is 0. The topological polar surface area (TPSA) is 64.6 Å². The summed E-state index contributed by atoms with van der Waals surface area (Å²) in [5.74, 6) is -0.0463. The molecule has 1 heterocycles. The van der Waals surface area contributed by atoms with Crippen molar-refractivity contribution < 1.29 is 19.1 Å². The molecule has 33 heavy (non-hydrogen) atoms. The molecule has 0 unspecified atom stereocenters. The second-order valence-electron chi connectivity index (χ2n) is 9.64. The molecule has 1 aliphatic heterocycles. The maximum Gasteiger partial charge on any atom is 0.336 e. The Morgan fingerprint density at radius 1 is 1.00 bits per heavy atom. The number of carbonyl (C=O) groups excluding carboxylic acids is 2. The average Bonchev–Trinajstić information content (AvgIpc) is 2.76. The molecule has 0 fully saturated rings. The van der Waals surface area contributed by atoms with E-state index in [2.05, 4.69) is 19.2 Å². The number of Topliss-reactive ketones (excluding diaryl/α,β-unsaturated/α-hetero) is 1. The van der Waals surface area contributed by atoms with Crippen molar-refractivity contribution in [1.29, 1.82) is 0 Å². The van der Waals surface area contributed by atoms with Crippen LogP contribution >= 0.6 is 0 Å². The molecule has 0 aromatic heterocycles. The van der Waals surface area contributed by atoms with Crippen LogP contribution < -0.4 is 10.1 Å². The molecule has 0 saturated carbocycles. The zero-order valence-corrected chi connectivity index (χ0v) is 19.7. The monoisotopic (exact) mass is 445 g/mol. The SMILES string of the molecule is CC1=C(C(=O)OCCOc2ccccc2)[C@@H](c2ccc(C)cc2)C2=C(CC(C)(C)CC2=O)N1. The van der Waals surface area contributed by atoms with E-state index >= 15 is 0 Å². The molecule has 2 aliphatic rings. The molecule has 0 bridgehead atoms. The van der Waals surface area contributed by atoms with Gasteiger partial charge in [-0.25, -0.2) is 4.79 Å². The average molecular weight is 446 g/mol. The zero-order valence-electron chi connectivity index (χ0n) is 19.7. The third-order valence-corrected chi connectivity index (χ3v) is 6.20. The summed E-state index contributed by atoms with van der Waals surface area (Å²) in [6.45, 7) is 8.49. The molecule has 1 N–H and O–H groups in total. The lowest BCUT2D eigenvalue weighted by Gasteiger charge is -2.39. The fraction of sp³-hybridized carbons (Fsp3) is 0.357. The number of rotatable bonds is 6. The van der Waals surface area contributed by atoms with Gasteiger partial charge in [0.05, 0.1) is 5.57 Å². The van der Waals surface area contributed by atoms with Gasteiger partial charge in [0.1, 0.15) is 19.0 Å². The van der Waals surface area contributed by atoms with Gasteiger partial charge < -0.3 is 14.8 Å². The van der Waals surface area contributed by atoms with Crippen LogP contribution in [-0.2, 0) is 14.3 Å². The summed E-state index contributed by atoms with van der Waals surface area (Å²) < 4.78 is 11.3. The van der Waals surface area contributed by atoms with Gasteiger partial charge in [-0.2, -0.15) is 0 Å². The standard InChI is InChI=1S/C28H31NO4/c1-18-10-12-20(13-11-18)25-24(27(31)33-15-14-32-21-8-6-5-7-9-21)19(2)29-22-16-28(3,4)17-23(30)26(22)25/h5-13,25,29H,14-17H2,1-4H3/t25-/m1/s1. The van der Waals surface area contributed by atoms with Crippen molar-refractivity contribution in [2.75, 3.05) is 13.2 Å². The van der Waals surface area contributed by atoms with Crippen LogP contribution in [0.15, 0.2) is 77.1 Å².